The van der Waals surface area contributed by atoms with Crippen molar-refractivity contribution < 1.29 is 4.92 Å². The van der Waals surface area contributed by atoms with Crippen LogP contribution < -0.4 is 0 Å². The van der Waals surface area contributed by atoms with Gasteiger partial charge in [0.15, 0.2) is 0 Å². The van der Waals surface area contributed by atoms with Crippen molar-refractivity contribution in [2.45, 2.75) is 26.3 Å². The van der Waals surface area contributed by atoms with E-state index in [9.17, 15) is 10.1 Å². The quantitative estimate of drug-likeness (QED) is 0.536. The zero-order valence-corrected chi connectivity index (χ0v) is 12.6. The Morgan fingerprint density at radius 1 is 1.38 bits per heavy atom. The Hall–Kier alpha value is -2.21. The molecule has 0 aliphatic rings. The second-order valence-electron chi connectivity index (χ2n) is 5.28. The summed E-state index contributed by atoms with van der Waals surface area (Å²) in [7, 11) is 0. The SMILES string of the molecule is CC(C)c1nc(Cn2ccc3ccc([N+](=O)[O-])cc32)cs1. The molecule has 0 aliphatic carbocycles. The number of fused-ring (bicyclic) bond motifs is 1. The number of nitrogens with zero attached hydrogens (tertiary/aromatic N) is 3. The first-order valence-corrected chi connectivity index (χ1v) is 7.60. The smallest absolute Gasteiger partial charge is 0.271 e. The van der Waals surface area contributed by atoms with Crippen LogP contribution in [0, 0.1) is 10.1 Å². The van der Waals surface area contributed by atoms with Gasteiger partial charge in [-0.2, -0.15) is 0 Å². The molecule has 0 saturated heterocycles. The number of benzene rings is 1. The molecule has 0 fully saturated rings. The Morgan fingerprint density at radius 2 is 2.19 bits per heavy atom. The summed E-state index contributed by atoms with van der Waals surface area (Å²) in [6, 6.07) is 6.90. The second kappa shape index (κ2) is 5.29. The molecule has 2 aromatic heterocycles. The van der Waals surface area contributed by atoms with Crippen LogP contribution in [0.3, 0.4) is 0 Å². The van der Waals surface area contributed by atoms with Crippen LogP contribution in [0.1, 0.15) is 30.5 Å². The molecule has 5 nitrogen and oxygen atoms in total. The van der Waals surface area contributed by atoms with Crippen molar-refractivity contribution in [2.24, 2.45) is 0 Å². The third kappa shape index (κ3) is 2.67. The van der Waals surface area contributed by atoms with Gasteiger partial charge in [0, 0.05) is 35.0 Å². The van der Waals surface area contributed by atoms with E-state index >= 15 is 0 Å². The Balaban J connectivity index is 1.95. The molecule has 0 atom stereocenters. The van der Waals surface area contributed by atoms with Crippen LogP contribution in [-0.2, 0) is 6.54 Å². The molecule has 3 rings (SSSR count). The molecule has 6 heteroatoms. The molecule has 0 spiro atoms. The van der Waals surface area contributed by atoms with Gasteiger partial charge in [-0.05, 0) is 12.1 Å². The molecular formula is C15H15N3O2S. The summed E-state index contributed by atoms with van der Waals surface area (Å²) in [6.07, 6.45) is 1.95. The Kier molecular flexibility index (Phi) is 3.47. The average molecular weight is 301 g/mol. The predicted octanol–water partition coefficient (Wildman–Crippen LogP) is 4.18. The number of hydrogen-bond donors (Lipinski definition) is 0. The van der Waals surface area contributed by atoms with Gasteiger partial charge in [0.1, 0.15) is 0 Å². The zero-order chi connectivity index (χ0) is 15.0. The van der Waals surface area contributed by atoms with Crippen LogP contribution in [0.25, 0.3) is 10.9 Å². The molecule has 1 aromatic carbocycles. The standard InChI is InChI=1S/C15H15N3O2S/c1-10(2)15-16-12(9-21-15)8-17-6-5-11-3-4-13(18(19)20)7-14(11)17/h3-7,9-10H,8H2,1-2H3. The lowest BCUT2D eigenvalue weighted by molar-refractivity contribution is -0.384. The number of thiazole rings is 1. The molecule has 3 aromatic rings. The van der Waals surface area contributed by atoms with Gasteiger partial charge in [-0.25, -0.2) is 4.98 Å². The van der Waals surface area contributed by atoms with E-state index < -0.39 is 0 Å². The monoisotopic (exact) mass is 301 g/mol. The largest absolute Gasteiger partial charge is 0.341 e. The van der Waals surface area contributed by atoms with Crippen molar-refractivity contribution in [1.82, 2.24) is 9.55 Å². The van der Waals surface area contributed by atoms with E-state index in [4.69, 9.17) is 0 Å². The maximum absolute atomic E-state index is 10.9. The van der Waals surface area contributed by atoms with Crippen LogP contribution in [-0.4, -0.2) is 14.5 Å². The molecule has 0 N–H and O–H groups in total. The maximum Gasteiger partial charge on any atom is 0.271 e. The fraction of sp³-hybridized carbons (Fsp3) is 0.267. The maximum atomic E-state index is 10.9. The van der Waals surface area contributed by atoms with E-state index in [0.29, 0.717) is 12.5 Å². The number of nitro groups is 1. The molecule has 0 aliphatic heterocycles. The summed E-state index contributed by atoms with van der Waals surface area (Å²) in [5.74, 6) is 0.422. The third-order valence-electron chi connectivity index (χ3n) is 3.36. The van der Waals surface area contributed by atoms with E-state index in [0.717, 1.165) is 21.6 Å². The minimum absolute atomic E-state index is 0.114. The van der Waals surface area contributed by atoms with E-state index in [1.165, 1.54) is 6.07 Å². The lowest BCUT2D eigenvalue weighted by Gasteiger charge is -2.03. The fourth-order valence-electron chi connectivity index (χ4n) is 2.26. The van der Waals surface area contributed by atoms with Crippen molar-refractivity contribution >= 4 is 27.9 Å². The first-order chi connectivity index (χ1) is 10.0. The van der Waals surface area contributed by atoms with E-state index in [1.807, 2.05) is 16.8 Å². The Bertz CT molecular complexity index is 804. The molecule has 2 heterocycles. The minimum Gasteiger partial charge on any atom is -0.341 e. The topological polar surface area (TPSA) is 61.0 Å². The molecule has 0 radical (unpaired) electrons. The molecular weight excluding hydrogens is 286 g/mol. The molecule has 108 valence electrons. The highest BCUT2D eigenvalue weighted by molar-refractivity contribution is 7.09. The van der Waals surface area contributed by atoms with Crippen LogP contribution in [0.5, 0.6) is 0 Å². The highest BCUT2D eigenvalue weighted by Crippen LogP contribution is 2.24. The summed E-state index contributed by atoms with van der Waals surface area (Å²) in [5.41, 5.74) is 1.97. The summed E-state index contributed by atoms with van der Waals surface area (Å²) in [6.45, 7) is 4.88. The Labute approximate surface area is 126 Å². The number of aromatic nitrogens is 2. The van der Waals surface area contributed by atoms with Gasteiger partial charge in [0.25, 0.3) is 5.69 Å². The molecule has 0 bridgehead atoms. The Morgan fingerprint density at radius 3 is 2.86 bits per heavy atom. The first-order valence-electron chi connectivity index (χ1n) is 6.72. The van der Waals surface area contributed by atoms with Gasteiger partial charge in [-0.3, -0.25) is 10.1 Å². The summed E-state index contributed by atoms with van der Waals surface area (Å²) < 4.78 is 2.00. The van der Waals surface area contributed by atoms with Gasteiger partial charge in [-0.1, -0.05) is 13.8 Å². The molecule has 0 unspecified atom stereocenters. The van der Waals surface area contributed by atoms with Crippen molar-refractivity contribution in [1.29, 1.82) is 0 Å². The van der Waals surface area contributed by atoms with Gasteiger partial charge in [-0.15, -0.1) is 11.3 Å². The van der Waals surface area contributed by atoms with Gasteiger partial charge < -0.3 is 4.57 Å². The second-order valence-corrected chi connectivity index (χ2v) is 6.17. The van der Waals surface area contributed by atoms with Gasteiger partial charge >= 0.3 is 0 Å². The van der Waals surface area contributed by atoms with E-state index in [1.54, 1.807) is 23.5 Å². The lowest BCUT2D eigenvalue weighted by Crippen LogP contribution is -1.99. The summed E-state index contributed by atoms with van der Waals surface area (Å²) in [5, 5.41) is 15.1. The van der Waals surface area contributed by atoms with Crippen molar-refractivity contribution in [3.63, 3.8) is 0 Å². The van der Waals surface area contributed by atoms with Crippen molar-refractivity contribution in [3.8, 4) is 0 Å². The van der Waals surface area contributed by atoms with Crippen LogP contribution in [0.15, 0.2) is 35.8 Å². The highest BCUT2D eigenvalue weighted by atomic mass is 32.1. The van der Waals surface area contributed by atoms with Crippen LogP contribution >= 0.6 is 11.3 Å². The summed E-state index contributed by atoms with van der Waals surface area (Å²) in [4.78, 5) is 15.1. The molecule has 0 amide bonds. The number of non-ortho nitro benzene ring substituents is 1. The summed E-state index contributed by atoms with van der Waals surface area (Å²) >= 11 is 1.66. The number of rotatable bonds is 4. The third-order valence-corrected chi connectivity index (χ3v) is 4.56. The molecule has 21 heavy (non-hydrogen) atoms. The fourth-order valence-corrected chi connectivity index (χ4v) is 3.08. The lowest BCUT2D eigenvalue weighted by atomic mass is 10.2. The molecule has 0 saturated carbocycles. The van der Waals surface area contributed by atoms with Gasteiger partial charge in [0.05, 0.1) is 27.7 Å². The van der Waals surface area contributed by atoms with Crippen molar-refractivity contribution in [2.75, 3.05) is 0 Å². The highest BCUT2D eigenvalue weighted by Gasteiger charge is 2.11. The van der Waals surface area contributed by atoms with Crippen LogP contribution in [0.4, 0.5) is 5.69 Å². The van der Waals surface area contributed by atoms with Gasteiger partial charge in [0.2, 0.25) is 0 Å². The average Bonchev–Trinajstić information content (AvgIpc) is 3.06. The zero-order valence-electron chi connectivity index (χ0n) is 11.8. The van der Waals surface area contributed by atoms with Crippen LogP contribution in [0.2, 0.25) is 0 Å². The predicted molar refractivity (Wildman–Crippen MR) is 83.9 cm³/mol. The number of nitro benzene ring substituents is 1. The normalized spacial score (nSPS) is 11.4. The first kappa shape index (κ1) is 13.8. The number of hydrogen-bond acceptors (Lipinski definition) is 4. The van der Waals surface area contributed by atoms with E-state index in [2.05, 4.69) is 24.2 Å². The van der Waals surface area contributed by atoms with Crippen molar-refractivity contribution in [3.05, 3.63) is 56.7 Å². The minimum atomic E-state index is -0.365. The van der Waals surface area contributed by atoms with E-state index in [-0.39, 0.29) is 10.6 Å².